The molecule has 2 amide bonds. The van der Waals surface area contributed by atoms with Crippen LogP contribution in [0, 0.1) is 35.5 Å². The number of hydrogen-bond donors (Lipinski definition) is 0. The molecule has 1 aromatic rings. The Morgan fingerprint density at radius 1 is 1.12 bits per heavy atom. The number of carbonyl (C=O) groups excluding carboxylic acids is 2. The summed E-state index contributed by atoms with van der Waals surface area (Å²) in [5.74, 6) is 2.22. The first kappa shape index (κ1) is 19.2. The van der Waals surface area contributed by atoms with Crippen LogP contribution in [0.15, 0.2) is 30.3 Å². The van der Waals surface area contributed by atoms with Gasteiger partial charge in [-0.05, 0) is 29.2 Å². The summed E-state index contributed by atoms with van der Waals surface area (Å²) >= 11 is 0. The second-order valence-electron chi connectivity index (χ2n) is 8.41. The van der Waals surface area contributed by atoms with Gasteiger partial charge in [0, 0.05) is 0 Å². The fraction of sp³-hybridized carbons (Fsp3) is 0.545. The summed E-state index contributed by atoms with van der Waals surface area (Å²) in [7, 11) is 0. The molecule has 1 saturated heterocycles. The lowest BCUT2D eigenvalue weighted by Gasteiger charge is -2.32. The van der Waals surface area contributed by atoms with Gasteiger partial charge in [0.2, 0.25) is 11.8 Å². The van der Waals surface area contributed by atoms with E-state index in [4.69, 9.17) is 6.42 Å². The van der Waals surface area contributed by atoms with Crippen LogP contribution >= 0.6 is 0 Å². The lowest BCUT2D eigenvalue weighted by Crippen LogP contribution is -2.34. The van der Waals surface area contributed by atoms with Crippen molar-refractivity contribution in [3.63, 3.8) is 0 Å². The van der Waals surface area contributed by atoms with E-state index in [1.165, 1.54) is 10.5 Å². The van der Waals surface area contributed by atoms with E-state index in [1.54, 1.807) is 0 Å². The monoisotopic (exact) mass is 339 g/mol. The van der Waals surface area contributed by atoms with Gasteiger partial charge in [-0.25, -0.2) is 0 Å². The van der Waals surface area contributed by atoms with Crippen LogP contribution < -0.4 is 0 Å². The first-order valence-electron chi connectivity index (χ1n) is 9.02. The molecule has 134 valence electrons. The average Bonchev–Trinajstić information content (AvgIpc) is 2.77. The lowest BCUT2D eigenvalue weighted by atomic mass is 9.69. The zero-order valence-electron chi connectivity index (χ0n) is 16.0. The van der Waals surface area contributed by atoms with Crippen molar-refractivity contribution in [1.29, 1.82) is 0 Å². The predicted octanol–water partition coefficient (Wildman–Crippen LogP) is 4.10. The van der Waals surface area contributed by atoms with Crippen LogP contribution in [0.25, 0.3) is 0 Å². The molecule has 0 aliphatic carbocycles. The molecule has 0 bridgehead atoms. The highest BCUT2D eigenvalue weighted by atomic mass is 16.2. The highest BCUT2D eigenvalue weighted by Crippen LogP contribution is 2.45. The molecule has 0 aromatic heterocycles. The molecule has 3 atom stereocenters. The number of hydrogen-bond acceptors (Lipinski definition) is 2. The Balaban J connectivity index is 2.38. The third-order valence-electron chi connectivity index (χ3n) is 5.24. The number of carbonyl (C=O) groups is 2. The van der Waals surface area contributed by atoms with Crippen molar-refractivity contribution >= 4 is 11.8 Å². The van der Waals surface area contributed by atoms with Gasteiger partial charge in [-0.3, -0.25) is 14.5 Å². The van der Waals surface area contributed by atoms with Crippen molar-refractivity contribution in [2.75, 3.05) is 6.54 Å². The Morgan fingerprint density at radius 3 is 2.20 bits per heavy atom. The molecular weight excluding hydrogens is 310 g/mol. The Kier molecular flexibility index (Phi) is 5.72. The van der Waals surface area contributed by atoms with Crippen LogP contribution in [0.5, 0.6) is 0 Å². The second kappa shape index (κ2) is 7.44. The molecule has 1 aliphatic rings. The highest BCUT2D eigenvalue weighted by Gasteiger charge is 2.52. The van der Waals surface area contributed by atoms with Crippen LogP contribution in [0.2, 0.25) is 0 Å². The molecule has 3 nitrogen and oxygen atoms in total. The normalized spacial score (nSPS) is 22.4. The number of nitrogens with zero attached hydrogens (tertiary/aromatic N) is 1. The largest absolute Gasteiger partial charge is 0.274 e. The van der Waals surface area contributed by atoms with Gasteiger partial charge in [-0.15, -0.1) is 6.42 Å². The lowest BCUT2D eigenvalue weighted by molar-refractivity contribution is -0.139. The summed E-state index contributed by atoms with van der Waals surface area (Å²) in [5, 5.41) is 0. The third-order valence-corrected chi connectivity index (χ3v) is 5.24. The van der Waals surface area contributed by atoms with Crippen molar-refractivity contribution in [3.05, 3.63) is 35.9 Å². The summed E-state index contributed by atoms with van der Waals surface area (Å²) in [4.78, 5) is 27.1. The van der Waals surface area contributed by atoms with Crippen molar-refractivity contribution < 1.29 is 9.59 Å². The Labute approximate surface area is 151 Å². The van der Waals surface area contributed by atoms with Gasteiger partial charge in [0.1, 0.15) is 0 Å². The maximum Gasteiger partial charge on any atom is 0.234 e. The Bertz CT molecular complexity index is 664. The average molecular weight is 339 g/mol. The van der Waals surface area contributed by atoms with E-state index in [9.17, 15) is 9.59 Å². The van der Waals surface area contributed by atoms with Gasteiger partial charge < -0.3 is 0 Å². The number of rotatable bonds is 5. The Morgan fingerprint density at radius 2 is 1.72 bits per heavy atom. The fourth-order valence-electron chi connectivity index (χ4n) is 4.02. The smallest absolute Gasteiger partial charge is 0.234 e. The SMILES string of the molecule is C#CCN1C(=O)C(CC(c2ccccc2)C(C)C)C(C(C)(C)C)C1=O. The summed E-state index contributed by atoms with van der Waals surface area (Å²) in [6, 6.07) is 10.3. The Hall–Kier alpha value is -2.08. The van der Waals surface area contributed by atoms with Gasteiger partial charge in [-0.1, -0.05) is 70.9 Å². The standard InChI is InChI=1S/C22H29NO2/c1-7-13-23-20(24)18(19(21(23)25)22(4,5)6)14-17(15(2)3)16-11-9-8-10-12-16/h1,8-12,15,17-19H,13-14H2,2-6H3. The van der Waals surface area contributed by atoms with E-state index < -0.39 is 0 Å². The molecule has 1 heterocycles. The van der Waals surface area contributed by atoms with Gasteiger partial charge in [0.15, 0.2) is 0 Å². The minimum atomic E-state index is -0.321. The zero-order chi connectivity index (χ0) is 18.8. The van der Waals surface area contributed by atoms with E-state index in [0.717, 1.165) is 0 Å². The molecule has 1 fully saturated rings. The molecular formula is C22H29NO2. The minimum absolute atomic E-state index is 0.0679. The van der Waals surface area contributed by atoms with E-state index in [1.807, 2.05) is 39.0 Å². The number of imide groups is 1. The van der Waals surface area contributed by atoms with Gasteiger partial charge in [0.05, 0.1) is 18.4 Å². The van der Waals surface area contributed by atoms with E-state index in [2.05, 4.69) is 31.9 Å². The number of benzene rings is 1. The molecule has 3 heteroatoms. The maximum absolute atomic E-state index is 13.0. The molecule has 0 radical (unpaired) electrons. The number of likely N-dealkylation sites (tertiary alicyclic amines) is 1. The molecule has 25 heavy (non-hydrogen) atoms. The molecule has 1 aliphatic heterocycles. The zero-order valence-corrected chi connectivity index (χ0v) is 16.0. The predicted molar refractivity (Wildman–Crippen MR) is 101 cm³/mol. The van der Waals surface area contributed by atoms with E-state index >= 15 is 0 Å². The van der Waals surface area contributed by atoms with Crippen LogP contribution in [-0.2, 0) is 9.59 Å². The molecule has 1 aromatic carbocycles. The molecule has 3 unspecified atom stereocenters. The van der Waals surface area contributed by atoms with Crippen LogP contribution in [0.3, 0.4) is 0 Å². The van der Waals surface area contributed by atoms with Crippen LogP contribution in [0.1, 0.15) is 52.5 Å². The summed E-state index contributed by atoms with van der Waals surface area (Å²) in [6.07, 6.45) is 6.05. The van der Waals surface area contributed by atoms with Crippen molar-refractivity contribution in [3.8, 4) is 12.3 Å². The minimum Gasteiger partial charge on any atom is -0.274 e. The van der Waals surface area contributed by atoms with Crippen LogP contribution in [0.4, 0.5) is 0 Å². The van der Waals surface area contributed by atoms with Crippen LogP contribution in [-0.4, -0.2) is 23.3 Å². The quantitative estimate of drug-likeness (QED) is 0.598. The van der Waals surface area contributed by atoms with E-state index in [0.29, 0.717) is 12.3 Å². The first-order valence-corrected chi connectivity index (χ1v) is 9.02. The summed E-state index contributed by atoms with van der Waals surface area (Å²) in [6.45, 7) is 10.5. The molecule has 0 spiro atoms. The molecule has 0 saturated carbocycles. The number of terminal acetylenes is 1. The van der Waals surface area contributed by atoms with E-state index in [-0.39, 0.29) is 41.5 Å². The summed E-state index contributed by atoms with van der Waals surface area (Å²) < 4.78 is 0. The summed E-state index contributed by atoms with van der Waals surface area (Å²) in [5.41, 5.74) is 0.944. The first-order chi connectivity index (χ1) is 11.7. The van der Waals surface area contributed by atoms with Crippen molar-refractivity contribution in [2.24, 2.45) is 23.2 Å². The van der Waals surface area contributed by atoms with Crippen molar-refractivity contribution in [2.45, 2.75) is 47.0 Å². The second-order valence-corrected chi connectivity index (χ2v) is 8.41. The van der Waals surface area contributed by atoms with Gasteiger partial charge in [-0.2, -0.15) is 0 Å². The maximum atomic E-state index is 13.0. The van der Waals surface area contributed by atoms with Gasteiger partial charge >= 0.3 is 0 Å². The van der Waals surface area contributed by atoms with Crippen molar-refractivity contribution in [1.82, 2.24) is 4.90 Å². The topological polar surface area (TPSA) is 37.4 Å². The molecule has 0 N–H and O–H groups in total. The highest BCUT2D eigenvalue weighted by molar-refractivity contribution is 6.05. The number of amides is 2. The fourth-order valence-corrected chi connectivity index (χ4v) is 4.02. The third kappa shape index (κ3) is 3.95. The molecule has 2 rings (SSSR count). The van der Waals surface area contributed by atoms with Gasteiger partial charge in [0.25, 0.3) is 0 Å².